The zero-order valence-electron chi connectivity index (χ0n) is 15.3. The van der Waals surface area contributed by atoms with E-state index in [2.05, 4.69) is 6.92 Å². The van der Waals surface area contributed by atoms with Crippen LogP contribution in [0.15, 0.2) is 0 Å². The Bertz CT molecular complexity index is 316. The summed E-state index contributed by atoms with van der Waals surface area (Å²) in [5.41, 5.74) is 0. The maximum absolute atomic E-state index is 10.6. The van der Waals surface area contributed by atoms with E-state index < -0.39 is 10.1 Å². The van der Waals surface area contributed by atoms with Gasteiger partial charge in [-0.2, -0.15) is 8.42 Å². The predicted molar refractivity (Wildman–Crippen MR) is 86.9 cm³/mol. The first kappa shape index (κ1) is 24.1. The second-order valence-corrected chi connectivity index (χ2v) is 7.34. The van der Waals surface area contributed by atoms with E-state index in [-0.39, 0.29) is 36.7 Å². The van der Waals surface area contributed by atoms with E-state index in [9.17, 15) is 8.42 Å². The molecule has 0 bridgehead atoms. The third-order valence-corrected chi connectivity index (χ3v) is 4.32. The van der Waals surface area contributed by atoms with Crippen LogP contribution in [0.3, 0.4) is 0 Å². The smallest absolute Gasteiger partial charge is 1.00 e. The number of unbranched alkanes of at least 4 members (excludes halogenated alkanes) is 9. The fourth-order valence-electron chi connectivity index (χ4n) is 2.25. The van der Waals surface area contributed by atoms with E-state index in [1.165, 1.54) is 57.8 Å². The predicted octanol–water partition coefficient (Wildman–Crippen LogP) is 0.843. The summed E-state index contributed by atoms with van der Waals surface area (Å²) in [4.78, 5) is 1.97. The minimum absolute atomic E-state index is 0. The fraction of sp³-hybridized carbons (Fsp3) is 1.00. The molecule has 0 saturated heterocycles. The molecule has 0 aliphatic carbocycles. The van der Waals surface area contributed by atoms with Crippen molar-refractivity contribution in [3.8, 4) is 0 Å². The maximum atomic E-state index is 10.6. The molecule has 0 atom stereocenters. The van der Waals surface area contributed by atoms with Crippen LogP contribution in [0.5, 0.6) is 0 Å². The number of hydrogen-bond donors (Lipinski definition) is 1. The molecule has 0 aliphatic heterocycles. The van der Waals surface area contributed by atoms with Crippen LogP contribution in [0.4, 0.5) is 0 Å². The van der Waals surface area contributed by atoms with Gasteiger partial charge in [-0.3, -0.25) is 4.55 Å². The normalized spacial score (nSPS) is 11.6. The number of hydrogen-bond acceptors (Lipinski definition) is 3. The van der Waals surface area contributed by atoms with Crippen molar-refractivity contribution in [3.63, 3.8) is 0 Å². The van der Waals surface area contributed by atoms with Crippen molar-refractivity contribution < 1.29 is 44.0 Å². The average molecular weight is 331 g/mol. The molecule has 124 valence electrons. The van der Waals surface area contributed by atoms with Gasteiger partial charge in [-0.1, -0.05) is 64.7 Å². The fourth-order valence-corrected chi connectivity index (χ4v) is 2.79. The second kappa shape index (κ2) is 15.8. The third kappa shape index (κ3) is 20.9. The molecular formula is C15H34NNaO3S. The summed E-state index contributed by atoms with van der Waals surface area (Å²) in [5.74, 6) is -0.165. The molecule has 0 heterocycles. The van der Waals surface area contributed by atoms with Crippen molar-refractivity contribution in [1.29, 1.82) is 0 Å². The Morgan fingerprint density at radius 3 is 1.71 bits per heavy atom. The van der Waals surface area contributed by atoms with Crippen LogP contribution in [-0.2, 0) is 10.1 Å². The zero-order valence-corrected chi connectivity index (χ0v) is 17.1. The maximum Gasteiger partial charge on any atom is 1.00 e. The van der Waals surface area contributed by atoms with Gasteiger partial charge in [0.25, 0.3) is 10.1 Å². The molecule has 0 rings (SSSR count). The Kier molecular flexibility index (Phi) is 18.1. The zero-order chi connectivity index (χ0) is 15.3. The van der Waals surface area contributed by atoms with Gasteiger partial charge in [-0.15, -0.1) is 0 Å². The van der Waals surface area contributed by atoms with Crippen LogP contribution in [0, 0.1) is 0 Å². The molecule has 0 aromatic heterocycles. The van der Waals surface area contributed by atoms with Gasteiger partial charge in [0.1, 0.15) is 0 Å². The molecule has 1 N–H and O–H groups in total. The number of rotatable bonds is 14. The molecule has 21 heavy (non-hydrogen) atoms. The van der Waals surface area contributed by atoms with Crippen LogP contribution >= 0.6 is 0 Å². The molecule has 0 aliphatic rings. The van der Waals surface area contributed by atoms with Gasteiger partial charge in [0.2, 0.25) is 0 Å². The summed E-state index contributed by atoms with van der Waals surface area (Å²) in [6.45, 7) is 3.56. The standard InChI is InChI=1S/C15H33NO3S.Na.H/c1-3-4-5-6-7-8-9-10-11-12-13-16(2)14-15-20(17,18)19;;/h3-15H2,1-2H3,(H,17,18,19);;/q;+1;-1. The molecule has 0 aromatic rings. The van der Waals surface area contributed by atoms with Gasteiger partial charge in [0.05, 0.1) is 5.75 Å². The average Bonchev–Trinajstić information content (AvgIpc) is 2.38. The van der Waals surface area contributed by atoms with E-state index in [4.69, 9.17) is 4.55 Å². The minimum atomic E-state index is -3.81. The first-order chi connectivity index (χ1) is 9.45. The second-order valence-electron chi connectivity index (χ2n) is 5.77. The minimum Gasteiger partial charge on any atom is -1.00 e. The van der Waals surface area contributed by atoms with Crippen LogP contribution in [0.25, 0.3) is 0 Å². The molecule has 0 unspecified atom stereocenters. The quantitative estimate of drug-likeness (QED) is 0.291. The van der Waals surface area contributed by atoms with Gasteiger partial charge < -0.3 is 6.33 Å². The van der Waals surface area contributed by atoms with Gasteiger partial charge in [0, 0.05) is 6.54 Å². The van der Waals surface area contributed by atoms with E-state index in [1.807, 2.05) is 11.9 Å². The van der Waals surface area contributed by atoms with Crippen molar-refractivity contribution >= 4 is 10.1 Å². The van der Waals surface area contributed by atoms with E-state index in [0.717, 1.165) is 13.0 Å². The summed E-state index contributed by atoms with van der Waals surface area (Å²) in [6, 6.07) is 0. The number of nitrogens with zero attached hydrogens (tertiary/aromatic N) is 1. The topological polar surface area (TPSA) is 57.6 Å². The van der Waals surface area contributed by atoms with E-state index in [1.54, 1.807) is 0 Å². The summed E-state index contributed by atoms with van der Waals surface area (Å²) in [7, 11) is -1.91. The molecule has 4 nitrogen and oxygen atoms in total. The molecule has 0 aromatic carbocycles. The Balaban J connectivity index is -0.00000180. The molecule has 6 heteroatoms. The summed E-state index contributed by atoms with van der Waals surface area (Å²) in [6.07, 6.45) is 13.1. The molecule has 0 radical (unpaired) electrons. The van der Waals surface area contributed by atoms with Crippen LogP contribution in [0.1, 0.15) is 72.6 Å². The summed E-state index contributed by atoms with van der Waals surface area (Å²) in [5, 5.41) is 0. The van der Waals surface area contributed by atoms with Crippen molar-refractivity contribution in [3.05, 3.63) is 0 Å². The molecule has 0 saturated carbocycles. The first-order valence-corrected chi connectivity index (χ1v) is 9.70. The van der Waals surface area contributed by atoms with Gasteiger partial charge >= 0.3 is 29.6 Å². The van der Waals surface area contributed by atoms with Crippen molar-refractivity contribution in [2.75, 3.05) is 25.9 Å². The van der Waals surface area contributed by atoms with Gasteiger partial charge in [0.15, 0.2) is 0 Å². The van der Waals surface area contributed by atoms with E-state index >= 15 is 0 Å². The Morgan fingerprint density at radius 1 is 0.857 bits per heavy atom. The van der Waals surface area contributed by atoms with Gasteiger partial charge in [-0.25, -0.2) is 0 Å². The Hall–Kier alpha value is 0.870. The van der Waals surface area contributed by atoms with Crippen LogP contribution < -0.4 is 29.6 Å². The van der Waals surface area contributed by atoms with Crippen molar-refractivity contribution in [2.45, 2.75) is 71.1 Å². The third-order valence-electron chi connectivity index (χ3n) is 3.62. The van der Waals surface area contributed by atoms with Gasteiger partial charge in [-0.05, 0) is 20.0 Å². The Morgan fingerprint density at radius 2 is 1.29 bits per heavy atom. The summed E-state index contributed by atoms with van der Waals surface area (Å²) < 4.78 is 29.9. The van der Waals surface area contributed by atoms with E-state index in [0.29, 0.717) is 6.54 Å². The van der Waals surface area contributed by atoms with Crippen molar-refractivity contribution in [1.82, 2.24) is 4.90 Å². The largest absolute Gasteiger partial charge is 1.00 e. The van der Waals surface area contributed by atoms with Crippen LogP contribution in [-0.4, -0.2) is 43.8 Å². The molecule has 0 spiro atoms. The monoisotopic (exact) mass is 331 g/mol. The molecule has 0 amide bonds. The first-order valence-electron chi connectivity index (χ1n) is 8.09. The van der Waals surface area contributed by atoms with Crippen LogP contribution in [0.2, 0.25) is 0 Å². The molecule has 0 fully saturated rings. The molecular weight excluding hydrogens is 297 g/mol. The Labute approximate surface area is 155 Å². The SMILES string of the molecule is CCCCCCCCCCCCN(C)CCS(=O)(=O)O.[H-].[Na+]. The summed E-state index contributed by atoms with van der Waals surface area (Å²) >= 11 is 0. The van der Waals surface area contributed by atoms with Crippen molar-refractivity contribution in [2.24, 2.45) is 0 Å².